The first-order valence-electron chi connectivity index (χ1n) is 5.93. The van der Waals surface area contributed by atoms with Gasteiger partial charge < -0.3 is 20.1 Å². The Kier molecular flexibility index (Phi) is 3.78. The van der Waals surface area contributed by atoms with Crippen LogP contribution in [0.3, 0.4) is 0 Å². The lowest BCUT2D eigenvalue weighted by atomic mass is 9.99. The zero-order chi connectivity index (χ0) is 11.4. The number of nitrogens with one attached hydrogen (secondary N) is 2. The van der Waals surface area contributed by atoms with Gasteiger partial charge in [0.2, 0.25) is 5.91 Å². The van der Waals surface area contributed by atoms with Gasteiger partial charge >= 0.3 is 0 Å². The first-order valence-corrected chi connectivity index (χ1v) is 5.93. The quantitative estimate of drug-likeness (QED) is 0.694. The van der Waals surface area contributed by atoms with Crippen LogP contribution in [0, 0.1) is 0 Å². The molecule has 5 heteroatoms. The summed E-state index contributed by atoms with van der Waals surface area (Å²) in [5.41, 5.74) is -0.393. The van der Waals surface area contributed by atoms with Gasteiger partial charge in [0, 0.05) is 6.54 Å². The maximum absolute atomic E-state index is 11.9. The molecule has 2 heterocycles. The molecule has 2 aliphatic rings. The van der Waals surface area contributed by atoms with E-state index in [2.05, 4.69) is 10.6 Å². The van der Waals surface area contributed by atoms with Crippen LogP contribution in [0.5, 0.6) is 0 Å². The predicted octanol–water partition coefficient (Wildman–Crippen LogP) is -0.340. The van der Waals surface area contributed by atoms with Gasteiger partial charge in [-0.05, 0) is 26.3 Å². The second-order valence-electron chi connectivity index (χ2n) is 4.64. The molecule has 2 unspecified atom stereocenters. The minimum atomic E-state index is -0.393. The topological polar surface area (TPSA) is 59.6 Å². The van der Waals surface area contributed by atoms with Crippen molar-refractivity contribution in [3.8, 4) is 0 Å². The summed E-state index contributed by atoms with van der Waals surface area (Å²) in [6.07, 6.45) is 1.97. The van der Waals surface area contributed by atoms with E-state index in [4.69, 9.17) is 9.47 Å². The fourth-order valence-electron chi connectivity index (χ4n) is 2.14. The average Bonchev–Trinajstić information content (AvgIpc) is 2.76. The van der Waals surface area contributed by atoms with Crippen molar-refractivity contribution in [2.24, 2.45) is 0 Å². The molecule has 0 spiro atoms. The van der Waals surface area contributed by atoms with Gasteiger partial charge in [-0.1, -0.05) is 0 Å². The van der Waals surface area contributed by atoms with Crippen molar-refractivity contribution in [2.45, 2.75) is 31.4 Å². The molecule has 2 saturated heterocycles. The Hall–Kier alpha value is -0.650. The molecule has 2 rings (SSSR count). The SMILES string of the molecule is CC1(C(=O)NCC2COCCO2)CCCN1. The van der Waals surface area contributed by atoms with E-state index in [1.807, 2.05) is 6.92 Å². The van der Waals surface area contributed by atoms with Crippen LogP contribution in [-0.4, -0.2) is 50.5 Å². The van der Waals surface area contributed by atoms with Crippen LogP contribution >= 0.6 is 0 Å². The maximum Gasteiger partial charge on any atom is 0.240 e. The van der Waals surface area contributed by atoms with Crippen LogP contribution in [0.25, 0.3) is 0 Å². The summed E-state index contributed by atoms with van der Waals surface area (Å²) in [5.74, 6) is 0.0687. The number of ether oxygens (including phenoxy) is 2. The van der Waals surface area contributed by atoms with Gasteiger partial charge in [0.25, 0.3) is 0 Å². The van der Waals surface area contributed by atoms with E-state index in [-0.39, 0.29) is 12.0 Å². The molecule has 2 fully saturated rings. The Morgan fingerprint density at radius 1 is 1.56 bits per heavy atom. The van der Waals surface area contributed by atoms with Crippen molar-refractivity contribution in [1.29, 1.82) is 0 Å². The zero-order valence-electron chi connectivity index (χ0n) is 9.75. The van der Waals surface area contributed by atoms with E-state index < -0.39 is 5.54 Å². The molecule has 0 aromatic rings. The van der Waals surface area contributed by atoms with Crippen LogP contribution in [0.15, 0.2) is 0 Å². The number of carbonyl (C=O) groups is 1. The van der Waals surface area contributed by atoms with E-state index in [1.165, 1.54) is 0 Å². The molecule has 0 aromatic carbocycles. The lowest BCUT2D eigenvalue weighted by Gasteiger charge is -2.27. The van der Waals surface area contributed by atoms with Gasteiger partial charge in [-0.2, -0.15) is 0 Å². The molecule has 0 bridgehead atoms. The number of rotatable bonds is 3. The molecule has 92 valence electrons. The summed E-state index contributed by atoms with van der Waals surface area (Å²) in [6.45, 7) is 5.26. The van der Waals surface area contributed by atoms with E-state index in [9.17, 15) is 4.79 Å². The third kappa shape index (κ3) is 2.72. The Bertz CT molecular complexity index is 246. The third-order valence-corrected chi connectivity index (χ3v) is 3.25. The van der Waals surface area contributed by atoms with Gasteiger partial charge in [-0.3, -0.25) is 4.79 Å². The molecule has 0 aliphatic carbocycles. The highest BCUT2D eigenvalue weighted by Crippen LogP contribution is 2.18. The monoisotopic (exact) mass is 228 g/mol. The van der Waals surface area contributed by atoms with Crippen molar-refractivity contribution < 1.29 is 14.3 Å². The molecule has 2 aliphatic heterocycles. The molecule has 2 N–H and O–H groups in total. The standard InChI is InChI=1S/C11H20N2O3/c1-11(3-2-4-13-11)10(14)12-7-9-8-15-5-6-16-9/h9,13H,2-8H2,1H3,(H,12,14). The second-order valence-corrected chi connectivity index (χ2v) is 4.64. The Morgan fingerprint density at radius 2 is 2.44 bits per heavy atom. The Balaban J connectivity index is 1.74. The number of hydrogen-bond donors (Lipinski definition) is 2. The van der Waals surface area contributed by atoms with Gasteiger partial charge in [0.15, 0.2) is 0 Å². The smallest absolute Gasteiger partial charge is 0.240 e. The summed E-state index contributed by atoms with van der Waals surface area (Å²) >= 11 is 0. The van der Waals surface area contributed by atoms with Gasteiger partial charge in [0.05, 0.1) is 31.5 Å². The highest BCUT2D eigenvalue weighted by molar-refractivity contribution is 5.86. The summed E-state index contributed by atoms with van der Waals surface area (Å²) in [6, 6.07) is 0. The van der Waals surface area contributed by atoms with E-state index >= 15 is 0 Å². The molecule has 0 radical (unpaired) electrons. The van der Waals surface area contributed by atoms with Crippen LogP contribution in [0.4, 0.5) is 0 Å². The lowest BCUT2D eigenvalue weighted by molar-refractivity contribution is -0.129. The number of carbonyl (C=O) groups excluding carboxylic acids is 1. The van der Waals surface area contributed by atoms with Crippen LogP contribution < -0.4 is 10.6 Å². The average molecular weight is 228 g/mol. The van der Waals surface area contributed by atoms with Gasteiger partial charge in [-0.15, -0.1) is 0 Å². The van der Waals surface area contributed by atoms with Crippen LogP contribution in [0.2, 0.25) is 0 Å². The van der Waals surface area contributed by atoms with E-state index in [0.29, 0.717) is 26.4 Å². The predicted molar refractivity (Wildman–Crippen MR) is 59.2 cm³/mol. The lowest BCUT2D eigenvalue weighted by Crippen LogP contribution is -2.53. The largest absolute Gasteiger partial charge is 0.376 e. The first kappa shape index (κ1) is 11.8. The van der Waals surface area contributed by atoms with Gasteiger partial charge in [-0.25, -0.2) is 0 Å². The van der Waals surface area contributed by atoms with Crippen LogP contribution in [0.1, 0.15) is 19.8 Å². The highest BCUT2D eigenvalue weighted by atomic mass is 16.6. The second kappa shape index (κ2) is 5.12. The van der Waals surface area contributed by atoms with E-state index in [0.717, 1.165) is 19.4 Å². The normalized spacial score (nSPS) is 34.9. The molecule has 0 saturated carbocycles. The van der Waals surface area contributed by atoms with Crippen molar-refractivity contribution in [3.05, 3.63) is 0 Å². The molecule has 5 nitrogen and oxygen atoms in total. The van der Waals surface area contributed by atoms with E-state index in [1.54, 1.807) is 0 Å². The fraction of sp³-hybridized carbons (Fsp3) is 0.909. The van der Waals surface area contributed by atoms with Gasteiger partial charge in [0.1, 0.15) is 0 Å². The number of hydrogen-bond acceptors (Lipinski definition) is 4. The fourth-order valence-corrected chi connectivity index (χ4v) is 2.14. The minimum Gasteiger partial charge on any atom is -0.376 e. The Labute approximate surface area is 95.9 Å². The molecule has 0 aromatic heterocycles. The summed E-state index contributed by atoms with van der Waals surface area (Å²) in [7, 11) is 0. The third-order valence-electron chi connectivity index (χ3n) is 3.25. The molecule has 1 amide bonds. The molecule has 16 heavy (non-hydrogen) atoms. The minimum absolute atomic E-state index is 0.00250. The van der Waals surface area contributed by atoms with Crippen molar-refractivity contribution in [1.82, 2.24) is 10.6 Å². The molecular weight excluding hydrogens is 208 g/mol. The first-order chi connectivity index (χ1) is 7.71. The number of amides is 1. The van der Waals surface area contributed by atoms with Crippen molar-refractivity contribution in [3.63, 3.8) is 0 Å². The highest BCUT2D eigenvalue weighted by Gasteiger charge is 2.35. The Morgan fingerprint density at radius 3 is 3.06 bits per heavy atom. The molecule has 2 atom stereocenters. The van der Waals surface area contributed by atoms with Crippen molar-refractivity contribution >= 4 is 5.91 Å². The summed E-state index contributed by atoms with van der Waals surface area (Å²) in [5, 5.41) is 6.16. The maximum atomic E-state index is 11.9. The van der Waals surface area contributed by atoms with Crippen LogP contribution in [-0.2, 0) is 14.3 Å². The summed E-state index contributed by atoms with van der Waals surface area (Å²) in [4.78, 5) is 11.9. The molecular formula is C11H20N2O3. The summed E-state index contributed by atoms with van der Waals surface area (Å²) < 4.78 is 10.7. The van der Waals surface area contributed by atoms with Crippen molar-refractivity contribution in [2.75, 3.05) is 32.9 Å². The zero-order valence-corrected chi connectivity index (χ0v) is 9.75.